The van der Waals surface area contributed by atoms with Gasteiger partial charge in [0, 0.05) is 17.0 Å². The fourth-order valence-electron chi connectivity index (χ4n) is 1.98. The van der Waals surface area contributed by atoms with Crippen LogP contribution in [0.15, 0.2) is 34.7 Å². The van der Waals surface area contributed by atoms with Crippen LogP contribution in [0.25, 0.3) is 0 Å². The Morgan fingerprint density at radius 1 is 1.29 bits per heavy atom. The molecule has 1 unspecified atom stereocenters. The van der Waals surface area contributed by atoms with Crippen molar-refractivity contribution in [2.75, 3.05) is 0 Å². The van der Waals surface area contributed by atoms with Gasteiger partial charge in [-0.2, -0.15) is 0 Å². The summed E-state index contributed by atoms with van der Waals surface area (Å²) in [6.45, 7) is 3.74. The summed E-state index contributed by atoms with van der Waals surface area (Å²) in [7, 11) is 0. The van der Waals surface area contributed by atoms with Crippen LogP contribution in [0, 0.1) is 13.8 Å². The number of aliphatic hydroxyl groups is 1. The first-order valence-electron chi connectivity index (χ1n) is 5.55. The number of rotatable bonds is 3. The summed E-state index contributed by atoms with van der Waals surface area (Å²) in [5.41, 5.74) is 1.87. The van der Waals surface area contributed by atoms with E-state index in [9.17, 15) is 5.11 Å². The van der Waals surface area contributed by atoms with Crippen molar-refractivity contribution >= 4 is 11.6 Å². The average molecular weight is 251 g/mol. The van der Waals surface area contributed by atoms with E-state index in [-0.39, 0.29) is 0 Å². The number of aryl methyl sites for hydroxylation is 2. The van der Waals surface area contributed by atoms with Crippen molar-refractivity contribution in [3.8, 4) is 0 Å². The first kappa shape index (κ1) is 12.2. The first-order chi connectivity index (χ1) is 8.06. The summed E-state index contributed by atoms with van der Waals surface area (Å²) in [6.07, 6.45) is -0.00804. The molecule has 0 aliphatic carbocycles. The van der Waals surface area contributed by atoms with Gasteiger partial charge in [-0.25, -0.2) is 0 Å². The van der Waals surface area contributed by atoms with Crippen LogP contribution < -0.4 is 0 Å². The number of benzene rings is 1. The third-order valence-electron chi connectivity index (χ3n) is 2.76. The summed E-state index contributed by atoms with van der Waals surface area (Å²) >= 11 is 5.91. The largest absolute Gasteiger partial charge is 0.466 e. The molecule has 0 amide bonds. The van der Waals surface area contributed by atoms with Gasteiger partial charge in [-0.05, 0) is 37.6 Å². The lowest BCUT2D eigenvalue weighted by Crippen LogP contribution is -2.01. The quantitative estimate of drug-likeness (QED) is 0.898. The van der Waals surface area contributed by atoms with Crippen LogP contribution in [0.5, 0.6) is 0 Å². The van der Waals surface area contributed by atoms with Crippen LogP contribution in [0.4, 0.5) is 0 Å². The van der Waals surface area contributed by atoms with E-state index in [0.29, 0.717) is 11.4 Å². The molecule has 17 heavy (non-hydrogen) atoms. The molecule has 0 aliphatic rings. The van der Waals surface area contributed by atoms with Crippen LogP contribution in [-0.4, -0.2) is 5.11 Å². The predicted octanol–water partition coefficient (Wildman–Crippen LogP) is 3.83. The van der Waals surface area contributed by atoms with Crippen LogP contribution in [0.2, 0.25) is 5.02 Å². The molecule has 0 spiro atoms. The molecule has 0 radical (unpaired) electrons. The topological polar surface area (TPSA) is 33.4 Å². The molecule has 90 valence electrons. The highest BCUT2D eigenvalue weighted by atomic mass is 35.5. The van der Waals surface area contributed by atoms with Crippen molar-refractivity contribution in [3.05, 3.63) is 58.0 Å². The van der Waals surface area contributed by atoms with Gasteiger partial charge in [0.25, 0.3) is 0 Å². The molecule has 2 aromatic rings. The van der Waals surface area contributed by atoms with Gasteiger partial charge in [-0.15, -0.1) is 0 Å². The molecule has 0 saturated heterocycles. The molecule has 2 rings (SSSR count). The highest BCUT2D eigenvalue weighted by molar-refractivity contribution is 6.30. The maximum atomic E-state index is 10.2. The zero-order valence-electron chi connectivity index (χ0n) is 9.90. The van der Waals surface area contributed by atoms with Gasteiger partial charge >= 0.3 is 0 Å². The SMILES string of the molecule is Cc1cc(C(O)Cc2cccc(Cl)c2)c(C)o1. The summed E-state index contributed by atoms with van der Waals surface area (Å²) < 4.78 is 5.41. The van der Waals surface area contributed by atoms with Gasteiger partial charge < -0.3 is 9.52 Å². The van der Waals surface area contributed by atoms with E-state index in [1.165, 1.54) is 0 Å². The van der Waals surface area contributed by atoms with Crippen LogP contribution >= 0.6 is 11.6 Å². The first-order valence-corrected chi connectivity index (χ1v) is 5.93. The van der Waals surface area contributed by atoms with Crippen molar-refractivity contribution in [2.24, 2.45) is 0 Å². The Balaban J connectivity index is 2.16. The molecule has 1 aromatic heterocycles. The van der Waals surface area contributed by atoms with Crippen molar-refractivity contribution in [2.45, 2.75) is 26.4 Å². The third kappa shape index (κ3) is 2.90. The van der Waals surface area contributed by atoms with E-state index in [2.05, 4.69) is 0 Å². The number of furan rings is 1. The predicted molar refractivity (Wildman–Crippen MR) is 68.3 cm³/mol. The van der Waals surface area contributed by atoms with E-state index >= 15 is 0 Å². The smallest absolute Gasteiger partial charge is 0.106 e. The molecule has 0 bridgehead atoms. The Morgan fingerprint density at radius 3 is 2.65 bits per heavy atom. The number of halogens is 1. The lowest BCUT2D eigenvalue weighted by Gasteiger charge is -2.09. The fraction of sp³-hybridized carbons (Fsp3) is 0.286. The van der Waals surface area contributed by atoms with Gasteiger partial charge in [0.15, 0.2) is 0 Å². The van der Waals surface area contributed by atoms with Gasteiger partial charge in [-0.1, -0.05) is 23.7 Å². The number of aliphatic hydroxyl groups excluding tert-OH is 1. The van der Waals surface area contributed by atoms with Crippen molar-refractivity contribution in [1.82, 2.24) is 0 Å². The minimum absolute atomic E-state index is 0.542. The molecule has 0 fully saturated rings. The Hall–Kier alpha value is -1.25. The molecular weight excluding hydrogens is 236 g/mol. The standard InChI is InChI=1S/C14H15ClO2/c1-9-6-13(10(2)17-9)14(16)8-11-4-3-5-12(15)7-11/h3-7,14,16H,8H2,1-2H3. The Bertz CT molecular complexity index is 517. The molecule has 2 nitrogen and oxygen atoms in total. The van der Waals surface area contributed by atoms with Crippen molar-refractivity contribution in [3.63, 3.8) is 0 Å². The maximum absolute atomic E-state index is 10.2. The normalized spacial score (nSPS) is 12.7. The van der Waals surface area contributed by atoms with Gasteiger partial charge in [0.1, 0.15) is 11.5 Å². The van der Waals surface area contributed by atoms with Gasteiger partial charge in [0.05, 0.1) is 6.10 Å². The molecule has 1 heterocycles. The van der Waals surface area contributed by atoms with E-state index in [1.54, 1.807) is 0 Å². The lowest BCUT2D eigenvalue weighted by atomic mass is 10.0. The van der Waals surface area contributed by atoms with E-state index in [1.807, 2.05) is 44.2 Å². The third-order valence-corrected chi connectivity index (χ3v) is 2.99. The minimum atomic E-state index is -0.550. The number of hydrogen-bond donors (Lipinski definition) is 1. The Kier molecular flexibility index (Phi) is 3.55. The van der Waals surface area contributed by atoms with Crippen molar-refractivity contribution in [1.29, 1.82) is 0 Å². The Morgan fingerprint density at radius 2 is 2.06 bits per heavy atom. The second-order valence-electron chi connectivity index (χ2n) is 4.22. The van der Waals surface area contributed by atoms with E-state index < -0.39 is 6.10 Å². The van der Waals surface area contributed by atoms with Crippen LogP contribution in [-0.2, 0) is 6.42 Å². The lowest BCUT2D eigenvalue weighted by molar-refractivity contribution is 0.176. The number of hydrogen-bond acceptors (Lipinski definition) is 2. The summed E-state index contributed by atoms with van der Waals surface area (Å²) in [5, 5.41) is 10.8. The summed E-state index contributed by atoms with van der Waals surface area (Å²) in [5.74, 6) is 1.60. The zero-order chi connectivity index (χ0) is 12.4. The Labute approximate surface area is 106 Å². The van der Waals surface area contributed by atoms with Crippen LogP contribution in [0.1, 0.15) is 28.8 Å². The van der Waals surface area contributed by atoms with Crippen molar-refractivity contribution < 1.29 is 9.52 Å². The molecular formula is C14H15ClO2. The maximum Gasteiger partial charge on any atom is 0.106 e. The molecule has 1 aromatic carbocycles. The van der Waals surface area contributed by atoms with Gasteiger partial charge in [0.2, 0.25) is 0 Å². The molecule has 0 saturated carbocycles. The van der Waals surface area contributed by atoms with E-state index in [4.69, 9.17) is 16.0 Å². The minimum Gasteiger partial charge on any atom is -0.466 e. The fourth-order valence-corrected chi connectivity index (χ4v) is 2.19. The summed E-state index contributed by atoms with van der Waals surface area (Å²) in [6, 6.07) is 9.41. The monoisotopic (exact) mass is 250 g/mol. The van der Waals surface area contributed by atoms with Crippen LogP contribution in [0.3, 0.4) is 0 Å². The average Bonchev–Trinajstić information content (AvgIpc) is 2.58. The molecule has 1 atom stereocenters. The second-order valence-corrected chi connectivity index (χ2v) is 4.65. The van der Waals surface area contributed by atoms with E-state index in [0.717, 1.165) is 22.6 Å². The highest BCUT2D eigenvalue weighted by Gasteiger charge is 2.14. The molecule has 1 N–H and O–H groups in total. The van der Waals surface area contributed by atoms with Gasteiger partial charge in [-0.3, -0.25) is 0 Å². The summed E-state index contributed by atoms with van der Waals surface area (Å²) in [4.78, 5) is 0. The molecule has 0 aliphatic heterocycles. The molecule has 3 heteroatoms. The zero-order valence-corrected chi connectivity index (χ0v) is 10.7. The second kappa shape index (κ2) is 4.94. The highest BCUT2D eigenvalue weighted by Crippen LogP contribution is 2.25.